The number of hydrogen-bond acceptors (Lipinski definition) is 6. The van der Waals surface area contributed by atoms with Crippen molar-refractivity contribution in [2.24, 2.45) is 7.05 Å². The molecule has 1 aromatic carbocycles. The Balaban J connectivity index is 0.00000225. The van der Waals surface area contributed by atoms with Gasteiger partial charge in [-0.05, 0) is 31.5 Å². The predicted octanol–water partition coefficient (Wildman–Crippen LogP) is 3.00. The number of hydrogen-bond donors (Lipinski definition) is 2. The molecule has 0 radical (unpaired) electrons. The van der Waals surface area contributed by atoms with Gasteiger partial charge in [0.05, 0.1) is 5.01 Å². The normalized spacial score (nSPS) is 14.5. The molecule has 1 fully saturated rings. The van der Waals surface area contributed by atoms with Crippen LogP contribution in [0.4, 0.5) is 5.95 Å². The second kappa shape index (κ2) is 9.27. The van der Waals surface area contributed by atoms with E-state index in [2.05, 4.69) is 37.8 Å². The minimum atomic E-state index is -0.252. The summed E-state index contributed by atoms with van der Waals surface area (Å²) in [6.45, 7) is 1.96. The van der Waals surface area contributed by atoms with Crippen molar-refractivity contribution >= 4 is 35.6 Å². The zero-order chi connectivity index (χ0) is 18.6. The Morgan fingerprint density at radius 3 is 2.75 bits per heavy atom. The molecule has 1 saturated heterocycles. The van der Waals surface area contributed by atoms with Crippen LogP contribution in [0.25, 0.3) is 0 Å². The van der Waals surface area contributed by atoms with Crippen LogP contribution < -0.4 is 10.6 Å². The summed E-state index contributed by atoms with van der Waals surface area (Å²) >= 11 is 1.49. The van der Waals surface area contributed by atoms with Crippen molar-refractivity contribution in [3.63, 3.8) is 0 Å². The van der Waals surface area contributed by atoms with Gasteiger partial charge in [-0.3, -0.25) is 10.1 Å². The lowest BCUT2D eigenvalue weighted by Crippen LogP contribution is -2.27. The summed E-state index contributed by atoms with van der Waals surface area (Å²) < 4.78 is 1.63. The van der Waals surface area contributed by atoms with Gasteiger partial charge in [0.25, 0.3) is 5.91 Å². The van der Waals surface area contributed by atoms with Crippen LogP contribution in [-0.2, 0) is 13.5 Å². The van der Waals surface area contributed by atoms with Crippen LogP contribution in [0.2, 0.25) is 0 Å². The number of nitrogens with one attached hydrogen (secondary N) is 2. The van der Waals surface area contributed by atoms with Crippen molar-refractivity contribution in [2.45, 2.75) is 25.2 Å². The van der Waals surface area contributed by atoms with Gasteiger partial charge in [0.1, 0.15) is 5.69 Å². The first-order chi connectivity index (χ1) is 13.2. The number of rotatable bonds is 5. The zero-order valence-electron chi connectivity index (χ0n) is 15.6. The molecule has 9 heteroatoms. The van der Waals surface area contributed by atoms with Gasteiger partial charge in [-0.25, -0.2) is 9.67 Å². The molecule has 28 heavy (non-hydrogen) atoms. The molecule has 0 spiro atoms. The summed E-state index contributed by atoms with van der Waals surface area (Å²) in [6.07, 6.45) is 2.77. The summed E-state index contributed by atoms with van der Waals surface area (Å²) in [6, 6.07) is 10.1. The molecule has 0 atom stereocenters. The number of halogens is 1. The van der Waals surface area contributed by atoms with Crippen LogP contribution in [0.1, 0.15) is 45.6 Å². The Kier molecular flexibility index (Phi) is 6.77. The highest BCUT2D eigenvalue weighted by Gasteiger charge is 2.22. The van der Waals surface area contributed by atoms with Gasteiger partial charge in [0, 0.05) is 24.8 Å². The molecule has 3 heterocycles. The van der Waals surface area contributed by atoms with Crippen LogP contribution in [0, 0.1) is 0 Å². The van der Waals surface area contributed by atoms with Gasteiger partial charge < -0.3 is 5.32 Å². The number of carbonyl (C=O) groups is 1. The fourth-order valence-corrected chi connectivity index (χ4v) is 4.01. The summed E-state index contributed by atoms with van der Waals surface area (Å²) in [5, 5.41) is 13.4. The Bertz CT molecular complexity index is 920. The number of anilines is 1. The number of amides is 1. The summed E-state index contributed by atoms with van der Waals surface area (Å²) in [5.41, 5.74) is 1.59. The van der Waals surface area contributed by atoms with E-state index in [4.69, 9.17) is 0 Å². The maximum absolute atomic E-state index is 12.6. The van der Waals surface area contributed by atoms with Gasteiger partial charge in [0.2, 0.25) is 5.95 Å². The molecule has 148 valence electrons. The van der Waals surface area contributed by atoms with E-state index in [1.54, 1.807) is 17.1 Å². The summed E-state index contributed by atoms with van der Waals surface area (Å²) in [5.74, 6) is 1.36. The number of piperidine rings is 1. The van der Waals surface area contributed by atoms with E-state index in [-0.39, 0.29) is 18.3 Å². The maximum Gasteiger partial charge on any atom is 0.277 e. The number of carbonyl (C=O) groups excluding carboxylic acids is 1. The molecule has 1 aliphatic rings. The molecule has 1 aliphatic heterocycles. The first kappa shape index (κ1) is 20.4. The minimum absolute atomic E-state index is 0. The van der Waals surface area contributed by atoms with E-state index in [0.717, 1.165) is 43.2 Å². The van der Waals surface area contributed by atoms with Crippen molar-refractivity contribution in [2.75, 3.05) is 18.4 Å². The van der Waals surface area contributed by atoms with Crippen LogP contribution in [0.15, 0.2) is 35.7 Å². The quantitative estimate of drug-likeness (QED) is 0.665. The average Bonchev–Trinajstić information content (AvgIpc) is 3.30. The molecule has 1 amide bonds. The van der Waals surface area contributed by atoms with Gasteiger partial charge in [-0.1, -0.05) is 30.3 Å². The molecule has 0 aliphatic carbocycles. The summed E-state index contributed by atoms with van der Waals surface area (Å²) in [4.78, 5) is 21.6. The van der Waals surface area contributed by atoms with Crippen LogP contribution in [0.5, 0.6) is 0 Å². The molecule has 2 aromatic heterocycles. The monoisotopic (exact) mass is 418 g/mol. The molecule has 2 N–H and O–H groups in total. The molecule has 0 saturated carbocycles. The smallest absolute Gasteiger partial charge is 0.277 e. The van der Waals surface area contributed by atoms with Gasteiger partial charge in [0.15, 0.2) is 5.82 Å². The lowest BCUT2D eigenvalue weighted by atomic mass is 9.98. The molecule has 0 bridgehead atoms. The zero-order valence-corrected chi connectivity index (χ0v) is 17.2. The van der Waals surface area contributed by atoms with Crippen LogP contribution in [-0.4, -0.2) is 38.7 Å². The lowest BCUT2D eigenvalue weighted by Gasteiger charge is -2.19. The van der Waals surface area contributed by atoms with Crippen molar-refractivity contribution < 1.29 is 4.79 Å². The largest absolute Gasteiger partial charge is 0.317 e. The third-order valence-corrected chi connectivity index (χ3v) is 5.54. The number of benzene rings is 1. The minimum Gasteiger partial charge on any atom is -0.317 e. The standard InChI is InChI=1S/C19H22N6OS.ClH/c1-25-19(22-17(24-25)14-7-9-20-10-8-14)23-18(26)15-12-27-16(21-15)11-13-5-3-2-4-6-13;/h2-6,12,14,20H,7-11H2,1H3,(H,22,23,24,26);1H. The predicted molar refractivity (Wildman–Crippen MR) is 112 cm³/mol. The molecule has 3 aromatic rings. The molecule has 0 unspecified atom stereocenters. The highest BCUT2D eigenvalue weighted by atomic mass is 35.5. The fourth-order valence-electron chi connectivity index (χ4n) is 3.20. The van der Waals surface area contributed by atoms with E-state index in [9.17, 15) is 4.79 Å². The third-order valence-electron chi connectivity index (χ3n) is 4.69. The van der Waals surface area contributed by atoms with Gasteiger partial charge in [-0.2, -0.15) is 10.1 Å². The first-order valence-corrected chi connectivity index (χ1v) is 9.98. The SMILES string of the molecule is Cl.Cn1nc(C2CCNCC2)nc1NC(=O)c1csc(Cc2ccccc2)n1. The van der Waals surface area contributed by atoms with Crippen LogP contribution in [0.3, 0.4) is 0 Å². The number of nitrogens with zero attached hydrogens (tertiary/aromatic N) is 4. The average molecular weight is 419 g/mol. The first-order valence-electron chi connectivity index (χ1n) is 9.10. The lowest BCUT2D eigenvalue weighted by molar-refractivity contribution is 0.102. The van der Waals surface area contributed by atoms with E-state index in [0.29, 0.717) is 17.6 Å². The van der Waals surface area contributed by atoms with Gasteiger partial charge >= 0.3 is 0 Å². The maximum atomic E-state index is 12.6. The Morgan fingerprint density at radius 1 is 1.25 bits per heavy atom. The second-order valence-corrected chi connectivity index (χ2v) is 7.63. The molecule has 4 rings (SSSR count). The topological polar surface area (TPSA) is 84.7 Å². The molecule has 7 nitrogen and oxygen atoms in total. The Hall–Kier alpha value is -2.29. The van der Waals surface area contributed by atoms with Gasteiger partial charge in [-0.15, -0.1) is 23.7 Å². The van der Waals surface area contributed by atoms with Crippen molar-refractivity contribution in [1.82, 2.24) is 25.1 Å². The van der Waals surface area contributed by atoms with E-state index < -0.39 is 0 Å². The van der Waals surface area contributed by atoms with Crippen molar-refractivity contribution in [3.8, 4) is 0 Å². The molecular weight excluding hydrogens is 396 g/mol. The van der Waals surface area contributed by atoms with E-state index in [1.165, 1.54) is 16.9 Å². The van der Waals surface area contributed by atoms with E-state index >= 15 is 0 Å². The second-order valence-electron chi connectivity index (χ2n) is 6.68. The number of thiazole rings is 1. The Labute approximate surface area is 174 Å². The summed E-state index contributed by atoms with van der Waals surface area (Å²) in [7, 11) is 1.80. The van der Waals surface area contributed by atoms with E-state index in [1.807, 2.05) is 18.2 Å². The number of aromatic nitrogens is 4. The number of aryl methyl sites for hydroxylation is 1. The van der Waals surface area contributed by atoms with Crippen LogP contribution >= 0.6 is 23.7 Å². The highest BCUT2D eigenvalue weighted by Crippen LogP contribution is 2.23. The molecular formula is C19H23ClN6OS. The fraction of sp³-hybridized carbons (Fsp3) is 0.368. The Morgan fingerprint density at radius 2 is 2.00 bits per heavy atom. The van der Waals surface area contributed by atoms with Crippen molar-refractivity contribution in [1.29, 1.82) is 0 Å². The third kappa shape index (κ3) is 4.76. The highest BCUT2D eigenvalue weighted by molar-refractivity contribution is 7.09. The van der Waals surface area contributed by atoms with Crippen molar-refractivity contribution in [3.05, 3.63) is 57.8 Å².